The molecule has 0 aliphatic carbocycles. The molecule has 19 heavy (non-hydrogen) atoms. The van der Waals surface area contributed by atoms with Crippen molar-refractivity contribution in [1.29, 1.82) is 0 Å². The van der Waals surface area contributed by atoms with Gasteiger partial charge in [0.2, 0.25) is 0 Å². The van der Waals surface area contributed by atoms with Gasteiger partial charge in [-0.15, -0.1) is 0 Å². The van der Waals surface area contributed by atoms with Crippen LogP contribution in [0.2, 0.25) is 0 Å². The average Bonchev–Trinajstić information content (AvgIpc) is 2.71. The Morgan fingerprint density at radius 3 is 2.26 bits per heavy atom. The van der Waals surface area contributed by atoms with Crippen LogP contribution in [0.25, 0.3) is 0 Å². The molecule has 0 aromatic rings. The number of likely N-dealkylation sites (tertiary alicyclic amines) is 1. The summed E-state index contributed by atoms with van der Waals surface area (Å²) in [4.78, 5) is 25.8. The molecule has 110 valence electrons. The van der Waals surface area contributed by atoms with Gasteiger partial charge in [-0.05, 0) is 18.8 Å². The molecule has 1 fully saturated rings. The summed E-state index contributed by atoms with van der Waals surface area (Å²) >= 11 is 0. The van der Waals surface area contributed by atoms with Crippen LogP contribution < -0.4 is 5.32 Å². The van der Waals surface area contributed by atoms with E-state index in [0.717, 1.165) is 32.4 Å². The zero-order valence-electron chi connectivity index (χ0n) is 12.3. The molecule has 1 saturated heterocycles. The number of ether oxygens (including phenoxy) is 1. The Bertz CT molecular complexity index is 299. The molecule has 1 heterocycles. The molecule has 0 aromatic carbocycles. The van der Waals surface area contributed by atoms with Gasteiger partial charge >= 0.3 is 12.0 Å². The molecule has 1 rings (SSSR count). The SMILES string of the molecule is CCC(C)[C@H](NC(=O)N1CCCCCC1)C(=O)OC. The second-order valence-corrected chi connectivity index (χ2v) is 5.24. The standard InChI is InChI=1S/C14H26N2O3/c1-4-11(2)12(13(17)19-3)15-14(18)16-9-7-5-6-8-10-16/h11-12H,4-10H2,1-3H3,(H,15,18)/t11?,12-/m0/s1. The number of carbonyl (C=O) groups is 2. The first-order valence-corrected chi connectivity index (χ1v) is 7.23. The Labute approximate surface area is 115 Å². The minimum absolute atomic E-state index is 0.0726. The zero-order chi connectivity index (χ0) is 14.3. The molecule has 0 saturated carbocycles. The lowest BCUT2D eigenvalue weighted by Crippen LogP contribution is -2.51. The molecule has 0 bridgehead atoms. The van der Waals surface area contributed by atoms with Crippen LogP contribution in [0, 0.1) is 5.92 Å². The number of esters is 1. The van der Waals surface area contributed by atoms with E-state index >= 15 is 0 Å². The smallest absolute Gasteiger partial charge is 0.328 e. The lowest BCUT2D eigenvalue weighted by atomic mass is 9.99. The lowest BCUT2D eigenvalue weighted by Gasteiger charge is -2.26. The van der Waals surface area contributed by atoms with Gasteiger partial charge in [-0.25, -0.2) is 9.59 Å². The lowest BCUT2D eigenvalue weighted by molar-refractivity contribution is -0.144. The normalized spacial score (nSPS) is 19.2. The summed E-state index contributed by atoms with van der Waals surface area (Å²) < 4.78 is 4.78. The maximum Gasteiger partial charge on any atom is 0.328 e. The summed E-state index contributed by atoms with van der Waals surface area (Å²) in [6, 6.07) is -0.691. The summed E-state index contributed by atoms with van der Waals surface area (Å²) in [7, 11) is 1.36. The van der Waals surface area contributed by atoms with E-state index in [1.165, 1.54) is 20.0 Å². The molecule has 1 N–H and O–H groups in total. The van der Waals surface area contributed by atoms with Gasteiger partial charge in [0.25, 0.3) is 0 Å². The number of carbonyl (C=O) groups excluding carboxylic acids is 2. The summed E-state index contributed by atoms with van der Waals surface area (Å²) in [6.07, 6.45) is 5.25. The van der Waals surface area contributed by atoms with Crippen molar-refractivity contribution in [3.63, 3.8) is 0 Å². The van der Waals surface area contributed by atoms with E-state index in [0.29, 0.717) is 0 Å². The molecule has 0 spiro atoms. The Hall–Kier alpha value is -1.26. The summed E-state index contributed by atoms with van der Waals surface area (Å²) in [5, 5.41) is 2.83. The van der Waals surface area contributed by atoms with Crippen LogP contribution in [0.4, 0.5) is 4.79 Å². The molecular weight excluding hydrogens is 244 g/mol. The Kier molecular flexibility index (Phi) is 6.67. The van der Waals surface area contributed by atoms with Crippen molar-refractivity contribution in [2.75, 3.05) is 20.2 Å². The van der Waals surface area contributed by atoms with Gasteiger partial charge in [-0.2, -0.15) is 0 Å². The molecule has 1 aliphatic rings. The number of urea groups is 1. The molecule has 2 amide bonds. The number of nitrogens with one attached hydrogen (secondary N) is 1. The van der Waals surface area contributed by atoms with Crippen LogP contribution in [0.5, 0.6) is 0 Å². The quantitative estimate of drug-likeness (QED) is 0.796. The Morgan fingerprint density at radius 1 is 1.21 bits per heavy atom. The van der Waals surface area contributed by atoms with Crippen molar-refractivity contribution in [1.82, 2.24) is 10.2 Å². The van der Waals surface area contributed by atoms with Crippen LogP contribution in [-0.2, 0) is 9.53 Å². The van der Waals surface area contributed by atoms with Gasteiger partial charge in [-0.3, -0.25) is 0 Å². The van der Waals surface area contributed by atoms with Crippen molar-refractivity contribution in [3.8, 4) is 0 Å². The van der Waals surface area contributed by atoms with Gasteiger partial charge in [0.05, 0.1) is 7.11 Å². The van der Waals surface area contributed by atoms with Crippen molar-refractivity contribution < 1.29 is 14.3 Å². The fourth-order valence-corrected chi connectivity index (χ4v) is 2.29. The first kappa shape index (κ1) is 15.8. The Balaban J connectivity index is 2.61. The Morgan fingerprint density at radius 2 is 1.79 bits per heavy atom. The highest BCUT2D eigenvalue weighted by Crippen LogP contribution is 2.12. The number of amides is 2. The van der Waals surface area contributed by atoms with E-state index in [-0.39, 0.29) is 17.9 Å². The van der Waals surface area contributed by atoms with Crippen molar-refractivity contribution in [3.05, 3.63) is 0 Å². The third kappa shape index (κ3) is 4.73. The van der Waals surface area contributed by atoms with Gasteiger partial charge in [-0.1, -0.05) is 33.1 Å². The summed E-state index contributed by atoms with van der Waals surface area (Å²) in [5.74, 6) is -0.291. The van der Waals surface area contributed by atoms with Gasteiger partial charge < -0.3 is 15.0 Å². The largest absolute Gasteiger partial charge is 0.467 e. The van der Waals surface area contributed by atoms with Crippen LogP contribution in [0.15, 0.2) is 0 Å². The molecular formula is C14H26N2O3. The van der Waals surface area contributed by atoms with E-state index < -0.39 is 6.04 Å². The first-order chi connectivity index (χ1) is 9.10. The van der Waals surface area contributed by atoms with E-state index in [1.54, 1.807) is 0 Å². The topological polar surface area (TPSA) is 58.6 Å². The predicted molar refractivity (Wildman–Crippen MR) is 73.8 cm³/mol. The van der Waals surface area contributed by atoms with E-state index in [2.05, 4.69) is 5.32 Å². The third-order valence-corrected chi connectivity index (χ3v) is 3.84. The molecule has 5 nitrogen and oxygen atoms in total. The van der Waals surface area contributed by atoms with Crippen LogP contribution in [-0.4, -0.2) is 43.1 Å². The molecule has 2 atom stereocenters. The maximum absolute atomic E-state index is 12.2. The summed E-state index contributed by atoms with van der Waals surface area (Å²) in [6.45, 7) is 5.50. The fourth-order valence-electron chi connectivity index (χ4n) is 2.29. The van der Waals surface area contributed by atoms with Crippen molar-refractivity contribution in [2.45, 2.75) is 52.0 Å². The first-order valence-electron chi connectivity index (χ1n) is 7.23. The second-order valence-electron chi connectivity index (χ2n) is 5.24. The number of rotatable bonds is 4. The summed E-state index contributed by atoms with van der Waals surface area (Å²) in [5.41, 5.74) is 0. The predicted octanol–water partition coefficient (Wildman–Crippen LogP) is 2.16. The second kappa shape index (κ2) is 8.02. The minimum atomic E-state index is -0.550. The van der Waals surface area contributed by atoms with Crippen molar-refractivity contribution >= 4 is 12.0 Å². The highest BCUT2D eigenvalue weighted by molar-refractivity contribution is 5.83. The van der Waals surface area contributed by atoms with Gasteiger partial charge in [0, 0.05) is 13.1 Å². The van der Waals surface area contributed by atoms with E-state index in [1.807, 2.05) is 18.7 Å². The minimum Gasteiger partial charge on any atom is -0.467 e. The fraction of sp³-hybridized carbons (Fsp3) is 0.857. The highest BCUT2D eigenvalue weighted by atomic mass is 16.5. The monoisotopic (exact) mass is 270 g/mol. The third-order valence-electron chi connectivity index (χ3n) is 3.84. The molecule has 1 aliphatic heterocycles. The number of hydrogen-bond donors (Lipinski definition) is 1. The number of methoxy groups -OCH3 is 1. The number of nitrogens with zero attached hydrogens (tertiary/aromatic N) is 1. The van der Waals surface area contributed by atoms with Crippen LogP contribution in [0.1, 0.15) is 46.0 Å². The van der Waals surface area contributed by atoms with Gasteiger partial charge in [0.15, 0.2) is 0 Å². The number of hydrogen-bond acceptors (Lipinski definition) is 3. The average molecular weight is 270 g/mol. The van der Waals surface area contributed by atoms with Crippen molar-refractivity contribution in [2.24, 2.45) is 5.92 Å². The maximum atomic E-state index is 12.2. The van der Waals surface area contributed by atoms with Crippen LogP contribution >= 0.6 is 0 Å². The molecule has 0 radical (unpaired) electrons. The highest BCUT2D eigenvalue weighted by Gasteiger charge is 2.28. The zero-order valence-corrected chi connectivity index (χ0v) is 12.3. The molecule has 1 unspecified atom stereocenters. The molecule has 5 heteroatoms. The van der Waals surface area contributed by atoms with Gasteiger partial charge in [0.1, 0.15) is 6.04 Å². The molecule has 0 aromatic heterocycles. The van der Waals surface area contributed by atoms with E-state index in [4.69, 9.17) is 4.74 Å². The van der Waals surface area contributed by atoms with E-state index in [9.17, 15) is 9.59 Å². The van der Waals surface area contributed by atoms with Crippen LogP contribution in [0.3, 0.4) is 0 Å².